The van der Waals surface area contributed by atoms with Gasteiger partial charge in [-0.2, -0.15) is 4.98 Å². The molecule has 0 saturated carbocycles. The van der Waals surface area contributed by atoms with E-state index in [1.807, 2.05) is 11.3 Å². The third kappa shape index (κ3) is 2.68. The molecule has 4 nitrogen and oxygen atoms in total. The molecule has 2 heterocycles. The molecule has 0 fully saturated rings. The maximum absolute atomic E-state index is 4.91. The molecular formula is C11H15N3OS. The lowest BCUT2D eigenvalue weighted by molar-refractivity contribution is 0.384. The van der Waals surface area contributed by atoms with Crippen molar-refractivity contribution in [2.24, 2.45) is 0 Å². The van der Waals surface area contributed by atoms with E-state index in [9.17, 15) is 0 Å². The average molecular weight is 237 g/mol. The first kappa shape index (κ1) is 11.3. The Morgan fingerprint density at radius 3 is 2.81 bits per heavy atom. The summed E-state index contributed by atoms with van der Waals surface area (Å²) < 4.78 is 4.91. The van der Waals surface area contributed by atoms with Crippen molar-refractivity contribution in [1.82, 2.24) is 15.5 Å². The molecule has 1 unspecified atom stereocenters. The van der Waals surface area contributed by atoms with Gasteiger partial charge in [0.25, 0.3) is 0 Å². The van der Waals surface area contributed by atoms with E-state index in [1.54, 1.807) is 6.92 Å². The van der Waals surface area contributed by atoms with Crippen molar-refractivity contribution in [3.8, 4) is 0 Å². The van der Waals surface area contributed by atoms with E-state index in [2.05, 4.69) is 41.4 Å². The van der Waals surface area contributed by atoms with Crippen LogP contribution in [-0.4, -0.2) is 10.1 Å². The van der Waals surface area contributed by atoms with E-state index in [1.165, 1.54) is 9.75 Å². The Morgan fingerprint density at radius 2 is 2.25 bits per heavy atom. The Bertz CT molecular complexity index is 463. The van der Waals surface area contributed by atoms with Crippen molar-refractivity contribution in [2.45, 2.75) is 33.4 Å². The molecule has 0 aromatic carbocycles. The van der Waals surface area contributed by atoms with Crippen molar-refractivity contribution in [2.75, 3.05) is 0 Å². The summed E-state index contributed by atoms with van der Waals surface area (Å²) in [7, 11) is 0. The molecule has 16 heavy (non-hydrogen) atoms. The van der Waals surface area contributed by atoms with Crippen LogP contribution in [0, 0.1) is 13.8 Å². The minimum atomic E-state index is 0.317. The second-order valence-corrected chi connectivity index (χ2v) is 5.10. The first-order valence-electron chi connectivity index (χ1n) is 5.24. The Morgan fingerprint density at radius 1 is 1.44 bits per heavy atom. The van der Waals surface area contributed by atoms with Crippen LogP contribution in [0.2, 0.25) is 0 Å². The Labute approximate surface area is 98.7 Å². The van der Waals surface area contributed by atoms with Crippen molar-refractivity contribution >= 4 is 11.3 Å². The summed E-state index contributed by atoms with van der Waals surface area (Å²) in [5.41, 5.74) is 0. The number of nitrogens with zero attached hydrogens (tertiary/aromatic N) is 2. The van der Waals surface area contributed by atoms with Gasteiger partial charge >= 0.3 is 0 Å². The fraction of sp³-hybridized carbons (Fsp3) is 0.455. The van der Waals surface area contributed by atoms with Gasteiger partial charge in [-0.1, -0.05) is 5.16 Å². The fourth-order valence-corrected chi connectivity index (χ4v) is 2.35. The van der Waals surface area contributed by atoms with Gasteiger partial charge in [-0.25, -0.2) is 0 Å². The predicted molar refractivity (Wildman–Crippen MR) is 63.3 cm³/mol. The van der Waals surface area contributed by atoms with E-state index in [0.717, 1.165) is 0 Å². The molecule has 0 aliphatic heterocycles. The highest BCUT2D eigenvalue weighted by molar-refractivity contribution is 7.12. The third-order valence-corrected chi connectivity index (χ3v) is 3.51. The largest absolute Gasteiger partial charge is 0.340 e. The number of aromatic nitrogens is 2. The number of aryl methyl sites for hydroxylation is 2. The van der Waals surface area contributed by atoms with Crippen LogP contribution in [0.3, 0.4) is 0 Å². The molecule has 0 saturated heterocycles. The predicted octanol–water partition coefficient (Wildman–Crippen LogP) is 2.60. The van der Waals surface area contributed by atoms with E-state index in [4.69, 9.17) is 4.52 Å². The van der Waals surface area contributed by atoms with E-state index in [-0.39, 0.29) is 0 Å². The van der Waals surface area contributed by atoms with Crippen LogP contribution in [0.1, 0.15) is 34.4 Å². The summed E-state index contributed by atoms with van der Waals surface area (Å²) in [5, 5.41) is 7.21. The van der Waals surface area contributed by atoms with Crippen LogP contribution in [0.5, 0.6) is 0 Å². The van der Waals surface area contributed by atoms with Gasteiger partial charge in [0.05, 0.1) is 6.54 Å². The molecule has 0 spiro atoms. The first-order chi connectivity index (χ1) is 7.65. The van der Waals surface area contributed by atoms with E-state index in [0.29, 0.717) is 24.3 Å². The van der Waals surface area contributed by atoms with Gasteiger partial charge in [0.1, 0.15) is 0 Å². The highest BCUT2D eigenvalue weighted by atomic mass is 32.1. The molecule has 0 bridgehead atoms. The average Bonchev–Trinajstić information content (AvgIpc) is 2.84. The minimum Gasteiger partial charge on any atom is -0.340 e. The van der Waals surface area contributed by atoms with Crippen LogP contribution in [0.25, 0.3) is 0 Å². The lowest BCUT2D eigenvalue weighted by atomic mass is 10.2. The highest BCUT2D eigenvalue weighted by Gasteiger charge is 2.09. The Balaban J connectivity index is 1.91. The minimum absolute atomic E-state index is 0.317. The summed E-state index contributed by atoms with van der Waals surface area (Å²) >= 11 is 1.81. The molecule has 2 rings (SSSR count). The molecule has 2 aromatic heterocycles. The number of hydrogen-bond donors (Lipinski definition) is 1. The summed E-state index contributed by atoms with van der Waals surface area (Å²) in [4.78, 5) is 6.81. The molecule has 0 radical (unpaired) electrons. The zero-order chi connectivity index (χ0) is 11.5. The lowest BCUT2D eigenvalue weighted by Crippen LogP contribution is -2.17. The smallest absolute Gasteiger partial charge is 0.223 e. The van der Waals surface area contributed by atoms with Gasteiger partial charge in [0, 0.05) is 22.7 Å². The van der Waals surface area contributed by atoms with Crippen molar-refractivity contribution in [1.29, 1.82) is 0 Å². The normalized spacial score (nSPS) is 12.9. The molecular weight excluding hydrogens is 222 g/mol. The summed E-state index contributed by atoms with van der Waals surface area (Å²) in [5.74, 6) is 1.31. The molecule has 0 aliphatic carbocycles. The van der Waals surface area contributed by atoms with Crippen molar-refractivity contribution in [3.05, 3.63) is 33.6 Å². The van der Waals surface area contributed by atoms with Crippen LogP contribution in [-0.2, 0) is 6.54 Å². The van der Waals surface area contributed by atoms with Crippen LogP contribution >= 0.6 is 11.3 Å². The van der Waals surface area contributed by atoms with Gasteiger partial charge in [-0.05, 0) is 26.0 Å². The fourth-order valence-electron chi connectivity index (χ4n) is 1.44. The molecule has 0 amide bonds. The summed E-state index contributed by atoms with van der Waals surface area (Å²) in [6.45, 7) is 6.68. The SMILES string of the molecule is Cc1nc(CNC(C)c2ccc(C)s2)no1. The van der Waals surface area contributed by atoms with E-state index < -0.39 is 0 Å². The molecule has 5 heteroatoms. The molecule has 86 valence electrons. The van der Waals surface area contributed by atoms with Crippen LogP contribution in [0.4, 0.5) is 0 Å². The first-order valence-corrected chi connectivity index (χ1v) is 6.05. The quantitative estimate of drug-likeness (QED) is 0.888. The van der Waals surface area contributed by atoms with Gasteiger partial charge in [0.15, 0.2) is 5.82 Å². The lowest BCUT2D eigenvalue weighted by Gasteiger charge is -2.09. The van der Waals surface area contributed by atoms with E-state index >= 15 is 0 Å². The van der Waals surface area contributed by atoms with Gasteiger partial charge in [-0.15, -0.1) is 11.3 Å². The van der Waals surface area contributed by atoms with Gasteiger partial charge in [-0.3, -0.25) is 0 Å². The molecule has 0 aliphatic rings. The summed E-state index contributed by atoms with van der Waals surface area (Å²) in [6, 6.07) is 4.60. The van der Waals surface area contributed by atoms with Crippen LogP contribution in [0.15, 0.2) is 16.7 Å². The van der Waals surface area contributed by atoms with Crippen molar-refractivity contribution in [3.63, 3.8) is 0 Å². The highest BCUT2D eigenvalue weighted by Crippen LogP contribution is 2.22. The van der Waals surface area contributed by atoms with Gasteiger partial charge in [0.2, 0.25) is 5.89 Å². The third-order valence-electron chi connectivity index (χ3n) is 2.32. The number of nitrogens with one attached hydrogen (secondary N) is 1. The number of thiophene rings is 1. The Hall–Kier alpha value is -1.20. The maximum Gasteiger partial charge on any atom is 0.223 e. The molecule has 1 N–H and O–H groups in total. The second kappa shape index (κ2) is 4.76. The number of hydrogen-bond acceptors (Lipinski definition) is 5. The van der Waals surface area contributed by atoms with Crippen molar-refractivity contribution < 1.29 is 4.52 Å². The molecule has 2 aromatic rings. The molecule has 1 atom stereocenters. The zero-order valence-electron chi connectivity index (χ0n) is 9.65. The number of rotatable bonds is 4. The standard InChI is InChI=1S/C11H15N3OS/c1-7-4-5-10(16-7)8(2)12-6-11-13-9(3)15-14-11/h4-5,8,12H,6H2,1-3H3. The topological polar surface area (TPSA) is 51.0 Å². The maximum atomic E-state index is 4.91. The second-order valence-electron chi connectivity index (χ2n) is 3.78. The summed E-state index contributed by atoms with van der Waals surface area (Å²) in [6.07, 6.45) is 0. The Kier molecular flexibility index (Phi) is 3.36. The zero-order valence-corrected chi connectivity index (χ0v) is 10.5. The monoisotopic (exact) mass is 237 g/mol. The van der Waals surface area contributed by atoms with Crippen LogP contribution < -0.4 is 5.32 Å². The van der Waals surface area contributed by atoms with Gasteiger partial charge < -0.3 is 9.84 Å².